The van der Waals surface area contributed by atoms with Gasteiger partial charge in [0, 0.05) is 0 Å². The Morgan fingerprint density at radius 2 is 1.82 bits per heavy atom. The molecule has 0 saturated carbocycles. The molecular formula is C9H22NP. The van der Waals surface area contributed by atoms with E-state index in [0.29, 0.717) is 5.28 Å². The van der Waals surface area contributed by atoms with Gasteiger partial charge in [-0.25, -0.2) is 0 Å². The molecule has 0 aromatic rings. The average molecular weight is 175 g/mol. The second-order valence-corrected chi connectivity index (χ2v) is 10.4. The van der Waals surface area contributed by atoms with E-state index in [4.69, 9.17) is 0 Å². The van der Waals surface area contributed by atoms with Crippen LogP contribution in [-0.2, 0) is 0 Å². The van der Waals surface area contributed by atoms with Crippen molar-refractivity contribution in [3.63, 3.8) is 0 Å². The number of hydrogen-bond acceptors (Lipinski definition) is 1. The molecule has 1 aliphatic heterocycles. The van der Waals surface area contributed by atoms with Crippen LogP contribution >= 0.6 is 7.26 Å². The predicted octanol–water partition coefficient (Wildman–Crippen LogP) is 2.12. The van der Waals surface area contributed by atoms with Gasteiger partial charge < -0.3 is 0 Å². The Morgan fingerprint density at radius 1 is 1.18 bits per heavy atom. The molecule has 2 heteroatoms. The topological polar surface area (TPSA) is 12.0 Å². The van der Waals surface area contributed by atoms with Gasteiger partial charge in [0.1, 0.15) is 0 Å². The molecule has 0 atom stereocenters. The van der Waals surface area contributed by atoms with Gasteiger partial charge in [-0.2, -0.15) is 0 Å². The summed E-state index contributed by atoms with van der Waals surface area (Å²) >= 11 is 0. The summed E-state index contributed by atoms with van der Waals surface area (Å²) in [4.78, 5) is 0. The van der Waals surface area contributed by atoms with Crippen LogP contribution in [0.4, 0.5) is 0 Å². The van der Waals surface area contributed by atoms with E-state index in [1.54, 1.807) is 0 Å². The summed E-state index contributed by atoms with van der Waals surface area (Å²) in [6, 6.07) is 0. The first-order valence-electron chi connectivity index (χ1n) is 4.71. The van der Waals surface area contributed by atoms with Crippen LogP contribution in [0.15, 0.2) is 0 Å². The third-order valence-electron chi connectivity index (χ3n) is 3.49. The first-order chi connectivity index (χ1) is 4.96. The van der Waals surface area contributed by atoms with Gasteiger partial charge >= 0.3 is 70.6 Å². The van der Waals surface area contributed by atoms with E-state index in [1.807, 2.05) is 0 Å². The molecule has 1 saturated heterocycles. The summed E-state index contributed by atoms with van der Waals surface area (Å²) in [6.07, 6.45) is 4.31. The second kappa shape index (κ2) is 3.03. The van der Waals surface area contributed by atoms with Crippen LogP contribution in [0.25, 0.3) is 0 Å². The van der Waals surface area contributed by atoms with Crippen molar-refractivity contribution in [3.8, 4) is 0 Å². The fourth-order valence-electron chi connectivity index (χ4n) is 1.64. The number of hydrogen-bond donors (Lipinski definition) is 1. The van der Waals surface area contributed by atoms with Crippen LogP contribution in [0.5, 0.6) is 0 Å². The summed E-state index contributed by atoms with van der Waals surface area (Å²) in [7, 11) is -0.980. The third kappa shape index (κ3) is 1.95. The van der Waals surface area contributed by atoms with Gasteiger partial charge in [0.25, 0.3) is 0 Å². The quantitative estimate of drug-likeness (QED) is 0.556. The van der Waals surface area contributed by atoms with Gasteiger partial charge in [-0.1, -0.05) is 0 Å². The molecule has 1 nitrogen and oxygen atoms in total. The van der Waals surface area contributed by atoms with E-state index >= 15 is 0 Å². The summed E-state index contributed by atoms with van der Waals surface area (Å²) in [5.41, 5.74) is 0. The van der Waals surface area contributed by atoms with Crippen LogP contribution in [0, 0.1) is 0 Å². The standard InChI is InChI=1S/C9H22NP/c1-9(2)10-7-5-6-8-11(9,3)4/h10-11H,5-8H2,1-4H3. The van der Waals surface area contributed by atoms with E-state index in [0.717, 1.165) is 0 Å². The molecule has 0 aliphatic carbocycles. The van der Waals surface area contributed by atoms with Gasteiger partial charge in [0.15, 0.2) is 0 Å². The van der Waals surface area contributed by atoms with Gasteiger partial charge in [-0.3, -0.25) is 0 Å². The SMILES string of the molecule is CC1(C)NCCCC[PH]1(C)C. The molecule has 0 bridgehead atoms. The molecular weight excluding hydrogens is 153 g/mol. The summed E-state index contributed by atoms with van der Waals surface area (Å²) < 4.78 is 0. The molecule has 1 aliphatic rings. The third-order valence-corrected chi connectivity index (χ3v) is 8.65. The van der Waals surface area contributed by atoms with Crippen molar-refractivity contribution in [1.29, 1.82) is 0 Å². The first kappa shape index (κ1) is 9.48. The van der Waals surface area contributed by atoms with E-state index in [9.17, 15) is 0 Å². The van der Waals surface area contributed by atoms with Crippen molar-refractivity contribution >= 4 is 7.26 Å². The van der Waals surface area contributed by atoms with Crippen molar-refractivity contribution < 1.29 is 0 Å². The Bertz CT molecular complexity index is 124. The van der Waals surface area contributed by atoms with Gasteiger partial charge in [-0.05, 0) is 0 Å². The zero-order chi connectivity index (χ0) is 8.54. The summed E-state index contributed by atoms with van der Waals surface area (Å²) in [5, 5.41) is 4.12. The zero-order valence-electron chi connectivity index (χ0n) is 8.33. The van der Waals surface area contributed by atoms with Crippen LogP contribution in [0.1, 0.15) is 26.7 Å². The molecule has 0 aromatic carbocycles. The van der Waals surface area contributed by atoms with E-state index in [1.165, 1.54) is 25.5 Å². The maximum absolute atomic E-state index is 3.67. The summed E-state index contributed by atoms with van der Waals surface area (Å²) in [5.74, 6) is 0. The average Bonchev–Trinajstić information content (AvgIpc) is 1.94. The van der Waals surface area contributed by atoms with Gasteiger partial charge in [-0.15, -0.1) is 0 Å². The van der Waals surface area contributed by atoms with Crippen LogP contribution in [-0.4, -0.2) is 31.3 Å². The molecule has 0 unspecified atom stereocenters. The van der Waals surface area contributed by atoms with Crippen molar-refractivity contribution in [2.24, 2.45) is 0 Å². The molecule has 0 amide bonds. The molecule has 0 aromatic heterocycles. The molecule has 1 rings (SSSR count). The number of rotatable bonds is 0. The van der Waals surface area contributed by atoms with Crippen molar-refractivity contribution in [2.75, 3.05) is 26.0 Å². The van der Waals surface area contributed by atoms with E-state index in [2.05, 4.69) is 32.5 Å². The van der Waals surface area contributed by atoms with Gasteiger partial charge in [0.2, 0.25) is 0 Å². The Hall–Kier alpha value is 0.390. The Balaban J connectivity index is 2.72. The predicted molar refractivity (Wildman–Crippen MR) is 56.3 cm³/mol. The maximum atomic E-state index is 3.67. The number of nitrogens with one attached hydrogen (secondary N) is 1. The van der Waals surface area contributed by atoms with E-state index < -0.39 is 7.26 Å². The monoisotopic (exact) mass is 175 g/mol. The summed E-state index contributed by atoms with van der Waals surface area (Å²) in [6.45, 7) is 11.0. The van der Waals surface area contributed by atoms with Crippen LogP contribution in [0.2, 0.25) is 0 Å². The van der Waals surface area contributed by atoms with Crippen molar-refractivity contribution in [3.05, 3.63) is 0 Å². The fraction of sp³-hybridized carbons (Fsp3) is 1.00. The minimum absolute atomic E-state index is 0.448. The molecule has 1 fully saturated rings. The molecule has 1 heterocycles. The fourth-order valence-corrected chi connectivity index (χ4v) is 4.01. The molecule has 0 radical (unpaired) electrons. The zero-order valence-corrected chi connectivity index (χ0v) is 9.33. The van der Waals surface area contributed by atoms with E-state index in [-0.39, 0.29) is 0 Å². The van der Waals surface area contributed by atoms with Crippen LogP contribution in [0.3, 0.4) is 0 Å². The van der Waals surface area contributed by atoms with Gasteiger partial charge in [0.05, 0.1) is 0 Å². The Kier molecular flexibility index (Phi) is 2.61. The molecule has 68 valence electrons. The van der Waals surface area contributed by atoms with Crippen LogP contribution < -0.4 is 5.32 Å². The molecule has 11 heavy (non-hydrogen) atoms. The minimum atomic E-state index is -0.980. The normalized spacial score (nSPS) is 32.4. The Morgan fingerprint density at radius 3 is 2.45 bits per heavy atom. The Labute approximate surface area is 71.3 Å². The first-order valence-corrected chi connectivity index (χ1v) is 7.91. The molecule has 1 N–H and O–H groups in total. The van der Waals surface area contributed by atoms with Crippen molar-refractivity contribution in [2.45, 2.75) is 32.0 Å². The van der Waals surface area contributed by atoms with Crippen molar-refractivity contribution in [1.82, 2.24) is 5.32 Å². The second-order valence-electron chi connectivity index (χ2n) is 4.89. The molecule has 0 spiro atoms.